The SMILES string of the molecule is C=NN(/C=C(/C)CC)c1ccc(CCC)c(O)c1. The summed E-state index contributed by atoms with van der Waals surface area (Å²) in [7, 11) is 0. The first-order valence-corrected chi connectivity index (χ1v) is 6.37. The molecule has 0 spiro atoms. The summed E-state index contributed by atoms with van der Waals surface area (Å²) in [4.78, 5) is 0. The van der Waals surface area contributed by atoms with Crippen LogP contribution in [0.3, 0.4) is 0 Å². The fraction of sp³-hybridized carbons (Fsp3) is 0.400. The smallest absolute Gasteiger partial charge is 0.120 e. The highest BCUT2D eigenvalue weighted by molar-refractivity contribution is 5.56. The molecule has 0 bridgehead atoms. The van der Waals surface area contributed by atoms with Gasteiger partial charge in [-0.05, 0) is 31.4 Å². The van der Waals surface area contributed by atoms with E-state index in [1.165, 1.54) is 5.57 Å². The lowest BCUT2D eigenvalue weighted by Crippen LogP contribution is -2.07. The predicted molar refractivity (Wildman–Crippen MR) is 78.2 cm³/mol. The third-order valence-electron chi connectivity index (χ3n) is 2.91. The molecule has 0 amide bonds. The number of nitrogens with zero attached hydrogens (tertiary/aromatic N) is 2. The maximum absolute atomic E-state index is 9.95. The molecule has 0 aliphatic heterocycles. The number of hydrazone groups is 1. The molecule has 0 aliphatic carbocycles. The van der Waals surface area contributed by atoms with Crippen molar-refractivity contribution in [1.29, 1.82) is 0 Å². The largest absolute Gasteiger partial charge is 0.508 e. The van der Waals surface area contributed by atoms with Gasteiger partial charge < -0.3 is 5.11 Å². The second kappa shape index (κ2) is 6.84. The van der Waals surface area contributed by atoms with Crippen molar-refractivity contribution in [2.24, 2.45) is 5.10 Å². The Hall–Kier alpha value is -1.77. The zero-order chi connectivity index (χ0) is 13.5. The fourth-order valence-corrected chi connectivity index (χ4v) is 1.67. The molecule has 0 fully saturated rings. The molecule has 0 aromatic heterocycles. The van der Waals surface area contributed by atoms with Crippen LogP contribution < -0.4 is 5.01 Å². The topological polar surface area (TPSA) is 35.8 Å². The molecule has 0 atom stereocenters. The van der Waals surface area contributed by atoms with Crippen molar-refractivity contribution in [3.05, 3.63) is 35.5 Å². The van der Waals surface area contributed by atoms with Gasteiger partial charge >= 0.3 is 0 Å². The Bertz CT molecular complexity index is 438. The van der Waals surface area contributed by atoms with E-state index in [0.29, 0.717) is 5.75 Å². The highest BCUT2D eigenvalue weighted by Crippen LogP contribution is 2.26. The van der Waals surface area contributed by atoms with Gasteiger partial charge in [0.1, 0.15) is 5.75 Å². The summed E-state index contributed by atoms with van der Waals surface area (Å²) in [5.41, 5.74) is 3.01. The first-order valence-electron chi connectivity index (χ1n) is 6.37. The fourth-order valence-electron chi connectivity index (χ4n) is 1.67. The Balaban J connectivity index is 3.01. The Morgan fingerprint density at radius 2 is 2.17 bits per heavy atom. The molecule has 3 nitrogen and oxygen atoms in total. The number of rotatable bonds is 6. The van der Waals surface area contributed by atoms with Crippen LogP contribution in [0.25, 0.3) is 0 Å². The lowest BCUT2D eigenvalue weighted by molar-refractivity contribution is 0.467. The van der Waals surface area contributed by atoms with Gasteiger partial charge in [0.15, 0.2) is 0 Å². The Morgan fingerprint density at radius 3 is 2.67 bits per heavy atom. The van der Waals surface area contributed by atoms with Crippen LogP contribution in [0.1, 0.15) is 39.2 Å². The minimum absolute atomic E-state index is 0.325. The third-order valence-corrected chi connectivity index (χ3v) is 2.91. The Morgan fingerprint density at radius 1 is 1.44 bits per heavy atom. The summed E-state index contributed by atoms with van der Waals surface area (Å²) in [5.74, 6) is 0.325. The molecule has 98 valence electrons. The minimum atomic E-state index is 0.325. The summed E-state index contributed by atoms with van der Waals surface area (Å²) < 4.78 is 0. The number of anilines is 1. The van der Waals surface area contributed by atoms with E-state index in [4.69, 9.17) is 0 Å². The molecule has 0 saturated carbocycles. The first kappa shape index (κ1) is 14.3. The maximum atomic E-state index is 9.95. The van der Waals surface area contributed by atoms with Crippen molar-refractivity contribution >= 4 is 12.4 Å². The third kappa shape index (κ3) is 3.62. The number of phenolic OH excluding ortho intramolecular Hbond substituents is 1. The van der Waals surface area contributed by atoms with E-state index >= 15 is 0 Å². The van der Waals surface area contributed by atoms with Gasteiger partial charge in [0.05, 0.1) is 5.69 Å². The Kier molecular flexibility index (Phi) is 5.43. The lowest BCUT2D eigenvalue weighted by Gasteiger charge is -2.16. The maximum Gasteiger partial charge on any atom is 0.120 e. The van der Waals surface area contributed by atoms with Crippen molar-refractivity contribution in [1.82, 2.24) is 0 Å². The van der Waals surface area contributed by atoms with Crippen LogP contribution in [0.2, 0.25) is 0 Å². The summed E-state index contributed by atoms with van der Waals surface area (Å²) >= 11 is 0. The first-order chi connectivity index (χ1) is 8.62. The average molecular weight is 246 g/mol. The van der Waals surface area contributed by atoms with Crippen LogP contribution in [-0.4, -0.2) is 11.8 Å². The van der Waals surface area contributed by atoms with Crippen LogP contribution in [0, 0.1) is 0 Å². The summed E-state index contributed by atoms with van der Waals surface area (Å²) in [6.07, 6.45) is 4.80. The molecule has 0 aliphatic rings. The second-order valence-corrected chi connectivity index (χ2v) is 4.38. The molecule has 18 heavy (non-hydrogen) atoms. The van der Waals surface area contributed by atoms with E-state index in [0.717, 1.165) is 30.5 Å². The van der Waals surface area contributed by atoms with E-state index in [-0.39, 0.29) is 0 Å². The summed E-state index contributed by atoms with van der Waals surface area (Å²) in [5, 5.41) is 15.6. The zero-order valence-corrected chi connectivity index (χ0v) is 11.5. The van der Waals surface area contributed by atoms with E-state index in [9.17, 15) is 5.11 Å². The van der Waals surface area contributed by atoms with Gasteiger partial charge in [-0.25, -0.2) is 5.01 Å². The molecule has 0 saturated heterocycles. The molecular formula is C15H22N2O. The second-order valence-electron chi connectivity index (χ2n) is 4.38. The standard InChI is InChI=1S/C15H22N2O/c1-5-7-13-8-9-14(10-15(13)18)17(16-4)11-12(3)6-2/h8-11,18H,4-7H2,1-3H3/b12-11-. The predicted octanol–water partition coefficient (Wildman–Crippen LogP) is 4.08. The van der Waals surface area contributed by atoms with Gasteiger partial charge in [-0.2, -0.15) is 5.10 Å². The van der Waals surface area contributed by atoms with Gasteiger partial charge in [0.2, 0.25) is 0 Å². The number of allylic oxidation sites excluding steroid dienone is 1. The van der Waals surface area contributed by atoms with Crippen LogP contribution >= 0.6 is 0 Å². The number of benzene rings is 1. The van der Waals surface area contributed by atoms with Crippen molar-refractivity contribution < 1.29 is 5.11 Å². The number of aryl methyl sites for hydroxylation is 1. The molecule has 1 aromatic carbocycles. The van der Waals surface area contributed by atoms with Gasteiger partial charge in [-0.1, -0.05) is 31.9 Å². The van der Waals surface area contributed by atoms with E-state index in [1.807, 2.05) is 25.3 Å². The highest BCUT2D eigenvalue weighted by atomic mass is 16.3. The highest BCUT2D eigenvalue weighted by Gasteiger charge is 2.06. The molecule has 0 heterocycles. The van der Waals surface area contributed by atoms with Gasteiger partial charge in [-0.15, -0.1) is 0 Å². The molecular weight excluding hydrogens is 224 g/mol. The van der Waals surface area contributed by atoms with Crippen molar-refractivity contribution in [3.63, 3.8) is 0 Å². The van der Waals surface area contributed by atoms with Crippen molar-refractivity contribution in [2.45, 2.75) is 40.0 Å². The van der Waals surface area contributed by atoms with Crippen molar-refractivity contribution in [3.8, 4) is 5.75 Å². The van der Waals surface area contributed by atoms with E-state index in [1.54, 1.807) is 11.1 Å². The minimum Gasteiger partial charge on any atom is -0.508 e. The molecule has 3 heteroatoms. The molecule has 0 radical (unpaired) electrons. The summed E-state index contributed by atoms with van der Waals surface area (Å²) in [6.45, 7) is 9.80. The van der Waals surface area contributed by atoms with Gasteiger partial charge in [0, 0.05) is 19.0 Å². The zero-order valence-electron chi connectivity index (χ0n) is 11.5. The van der Waals surface area contributed by atoms with E-state index < -0.39 is 0 Å². The van der Waals surface area contributed by atoms with Crippen LogP contribution in [0.5, 0.6) is 5.75 Å². The number of phenols is 1. The van der Waals surface area contributed by atoms with Gasteiger partial charge in [0.25, 0.3) is 0 Å². The van der Waals surface area contributed by atoms with Gasteiger partial charge in [-0.3, -0.25) is 0 Å². The average Bonchev–Trinajstić information content (AvgIpc) is 2.38. The quantitative estimate of drug-likeness (QED) is 0.606. The molecule has 1 aromatic rings. The Labute approximate surface area is 109 Å². The number of hydrogen-bond donors (Lipinski definition) is 1. The number of aromatic hydroxyl groups is 1. The van der Waals surface area contributed by atoms with Crippen LogP contribution in [0.15, 0.2) is 35.1 Å². The van der Waals surface area contributed by atoms with E-state index in [2.05, 4.69) is 25.7 Å². The molecule has 0 unspecified atom stereocenters. The van der Waals surface area contributed by atoms with Crippen LogP contribution in [-0.2, 0) is 6.42 Å². The monoisotopic (exact) mass is 246 g/mol. The number of hydrogen-bond acceptors (Lipinski definition) is 3. The summed E-state index contributed by atoms with van der Waals surface area (Å²) in [6, 6.07) is 5.64. The molecule has 1 N–H and O–H groups in total. The van der Waals surface area contributed by atoms with Crippen LogP contribution in [0.4, 0.5) is 5.69 Å². The lowest BCUT2D eigenvalue weighted by atomic mass is 10.1. The molecule has 1 rings (SSSR count). The normalized spacial score (nSPS) is 11.4. The van der Waals surface area contributed by atoms with Crippen molar-refractivity contribution in [2.75, 3.05) is 5.01 Å².